The van der Waals surface area contributed by atoms with Crippen LogP contribution in [0.15, 0.2) is 18.3 Å². The monoisotopic (exact) mass is 281 g/mol. The molecule has 1 saturated heterocycles. The third-order valence-electron chi connectivity index (χ3n) is 4.41. The molecule has 0 unspecified atom stereocenters. The van der Waals surface area contributed by atoms with Crippen molar-refractivity contribution < 1.29 is 8.42 Å². The molecule has 6 heteroatoms. The molecular formula is C13H19N3O2S. The van der Waals surface area contributed by atoms with E-state index in [9.17, 15) is 8.42 Å². The summed E-state index contributed by atoms with van der Waals surface area (Å²) in [5.41, 5.74) is 1.82. The first-order chi connectivity index (χ1) is 8.97. The van der Waals surface area contributed by atoms with E-state index in [1.807, 2.05) is 19.2 Å². The summed E-state index contributed by atoms with van der Waals surface area (Å²) in [5, 5.41) is 0. The molecule has 0 amide bonds. The van der Waals surface area contributed by atoms with E-state index in [4.69, 9.17) is 0 Å². The highest BCUT2D eigenvalue weighted by Crippen LogP contribution is 2.45. The van der Waals surface area contributed by atoms with E-state index in [0.29, 0.717) is 19.4 Å². The SMILES string of the molecule is CN1CCC2(CC1)c1ncccc1CN(C)S2(=O)=O. The van der Waals surface area contributed by atoms with Gasteiger partial charge in [-0.25, -0.2) is 8.42 Å². The Morgan fingerprint density at radius 1 is 1.26 bits per heavy atom. The summed E-state index contributed by atoms with van der Waals surface area (Å²) in [5.74, 6) is 0. The van der Waals surface area contributed by atoms with Gasteiger partial charge in [0.05, 0.1) is 5.69 Å². The fourth-order valence-electron chi connectivity index (χ4n) is 3.20. The molecule has 5 nitrogen and oxygen atoms in total. The number of pyridine rings is 1. The number of hydrogen-bond acceptors (Lipinski definition) is 4. The van der Waals surface area contributed by atoms with Gasteiger partial charge in [-0.1, -0.05) is 6.07 Å². The number of sulfonamides is 1. The molecule has 1 aromatic heterocycles. The van der Waals surface area contributed by atoms with Gasteiger partial charge in [0.15, 0.2) is 0 Å². The molecule has 0 aromatic carbocycles. The van der Waals surface area contributed by atoms with Gasteiger partial charge >= 0.3 is 0 Å². The van der Waals surface area contributed by atoms with Crippen molar-refractivity contribution >= 4 is 10.0 Å². The minimum absolute atomic E-state index is 0.434. The molecule has 3 heterocycles. The number of likely N-dealkylation sites (tertiary alicyclic amines) is 1. The highest BCUT2D eigenvalue weighted by molar-refractivity contribution is 7.90. The van der Waals surface area contributed by atoms with E-state index in [2.05, 4.69) is 9.88 Å². The van der Waals surface area contributed by atoms with Crippen LogP contribution in [0.25, 0.3) is 0 Å². The van der Waals surface area contributed by atoms with Gasteiger partial charge in [-0.15, -0.1) is 0 Å². The minimum Gasteiger partial charge on any atom is -0.306 e. The van der Waals surface area contributed by atoms with Crippen LogP contribution in [0.4, 0.5) is 0 Å². The van der Waals surface area contributed by atoms with Crippen molar-refractivity contribution in [3.8, 4) is 0 Å². The lowest BCUT2D eigenvalue weighted by atomic mass is 9.89. The molecule has 0 N–H and O–H groups in total. The second-order valence-corrected chi connectivity index (χ2v) is 7.92. The Balaban J connectivity index is 2.19. The lowest BCUT2D eigenvalue weighted by molar-refractivity contribution is 0.218. The number of nitrogens with zero attached hydrogens (tertiary/aromatic N) is 3. The third-order valence-corrected chi connectivity index (χ3v) is 6.95. The molecule has 1 spiro atoms. The fraction of sp³-hybridized carbons (Fsp3) is 0.615. The van der Waals surface area contributed by atoms with Crippen molar-refractivity contribution in [2.45, 2.75) is 24.1 Å². The predicted octanol–water partition coefficient (Wildman–Crippen LogP) is 0.778. The topological polar surface area (TPSA) is 53.5 Å². The zero-order valence-electron chi connectivity index (χ0n) is 11.3. The lowest BCUT2D eigenvalue weighted by Gasteiger charge is -2.45. The van der Waals surface area contributed by atoms with Crippen LogP contribution in [0.2, 0.25) is 0 Å². The lowest BCUT2D eigenvalue weighted by Crippen LogP contribution is -2.54. The summed E-state index contributed by atoms with van der Waals surface area (Å²) in [6.07, 6.45) is 2.96. The number of fused-ring (bicyclic) bond motifs is 2. The van der Waals surface area contributed by atoms with Crippen LogP contribution in [0.5, 0.6) is 0 Å². The number of piperidine rings is 1. The van der Waals surface area contributed by atoms with E-state index in [1.54, 1.807) is 13.2 Å². The van der Waals surface area contributed by atoms with Crippen molar-refractivity contribution in [3.05, 3.63) is 29.6 Å². The zero-order chi connectivity index (χ0) is 13.7. The summed E-state index contributed by atoms with van der Waals surface area (Å²) in [6, 6.07) is 3.88. The Morgan fingerprint density at radius 2 is 1.95 bits per heavy atom. The van der Waals surface area contributed by atoms with Crippen LogP contribution >= 0.6 is 0 Å². The maximum atomic E-state index is 12.8. The molecule has 0 radical (unpaired) electrons. The largest absolute Gasteiger partial charge is 0.306 e. The van der Waals surface area contributed by atoms with E-state index in [1.165, 1.54) is 4.31 Å². The average molecular weight is 281 g/mol. The van der Waals surface area contributed by atoms with Crippen LogP contribution in [0.3, 0.4) is 0 Å². The zero-order valence-corrected chi connectivity index (χ0v) is 12.2. The van der Waals surface area contributed by atoms with Crippen LogP contribution in [0, 0.1) is 0 Å². The second kappa shape index (κ2) is 4.26. The van der Waals surface area contributed by atoms with E-state index in [-0.39, 0.29) is 0 Å². The van der Waals surface area contributed by atoms with E-state index in [0.717, 1.165) is 24.3 Å². The molecule has 19 heavy (non-hydrogen) atoms. The molecule has 0 atom stereocenters. The average Bonchev–Trinajstić information content (AvgIpc) is 2.39. The molecule has 0 saturated carbocycles. The predicted molar refractivity (Wildman–Crippen MR) is 73.0 cm³/mol. The standard InChI is InChI=1S/C13H19N3O2S/c1-15-8-5-13(6-9-15)12-11(4-3-7-14-12)10-16(2)19(13,17)18/h3-4,7H,5-6,8-10H2,1-2H3. The van der Waals surface area contributed by atoms with E-state index < -0.39 is 14.8 Å². The van der Waals surface area contributed by atoms with Gasteiger partial charge in [-0.05, 0) is 44.6 Å². The Morgan fingerprint density at radius 3 is 2.63 bits per heavy atom. The van der Waals surface area contributed by atoms with Crippen LogP contribution < -0.4 is 0 Å². The molecule has 3 rings (SSSR count). The summed E-state index contributed by atoms with van der Waals surface area (Å²) in [7, 11) is 0.388. The molecule has 0 bridgehead atoms. The van der Waals surface area contributed by atoms with Gasteiger partial charge in [0.2, 0.25) is 10.0 Å². The molecule has 0 aliphatic carbocycles. The Bertz CT molecular complexity index is 592. The maximum Gasteiger partial charge on any atom is 0.225 e. The van der Waals surface area contributed by atoms with Gasteiger partial charge in [0, 0.05) is 19.8 Å². The van der Waals surface area contributed by atoms with Crippen LogP contribution in [0.1, 0.15) is 24.1 Å². The van der Waals surface area contributed by atoms with Gasteiger partial charge in [-0.2, -0.15) is 4.31 Å². The van der Waals surface area contributed by atoms with Crippen molar-refractivity contribution in [1.29, 1.82) is 0 Å². The van der Waals surface area contributed by atoms with Crippen molar-refractivity contribution in [2.24, 2.45) is 0 Å². The normalized spacial score (nSPS) is 26.2. The van der Waals surface area contributed by atoms with Crippen LogP contribution in [-0.2, 0) is 21.3 Å². The fourth-order valence-corrected chi connectivity index (χ4v) is 5.23. The van der Waals surface area contributed by atoms with Crippen molar-refractivity contribution in [1.82, 2.24) is 14.2 Å². The van der Waals surface area contributed by atoms with Gasteiger partial charge in [-0.3, -0.25) is 4.98 Å². The number of aromatic nitrogens is 1. The number of hydrogen-bond donors (Lipinski definition) is 0. The minimum atomic E-state index is -3.32. The Labute approximate surface area is 114 Å². The van der Waals surface area contributed by atoms with Crippen LogP contribution in [-0.4, -0.2) is 49.8 Å². The molecule has 2 aliphatic heterocycles. The smallest absolute Gasteiger partial charge is 0.225 e. The van der Waals surface area contributed by atoms with Crippen molar-refractivity contribution in [3.63, 3.8) is 0 Å². The Hall–Kier alpha value is -0.980. The highest BCUT2D eigenvalue weighted by Gasteiger charge is 2.53. The molecular weight excluding hydrogens is 262 g/mol. The molecule has 104 valence electrons. The Kier molecular flexibility index (Phi) is 2.92. The summed E-state index contributed by atoms with van der Waals surface area (Å²) in [4.78, 5) is 6.61. The molecule has 2 aliphatic rings. The second-order valence-electron chi connectivity index (χ2n) is 5.57. The summed E-state index contributed by atoms with van der Waals surface area (Å²) < 4.78 is 26.3. The van der Waals surface area contributed by atoms with Gasteiger partial charge in [0.25, 0.3) is 0 Å². The summed E-state index contributed by atoms with van der Waals surface area (Å²) in [6.45, 7) is 2.02. The third kappa shape index (κ3) is 1.74. The quantitative estimate of drug-likeness (QED) is 0.705. The van der Waals surface area contributed by atoms with Gasteiger partial charge < -0.3 is 4.90 Å². The first-order valence-electron chi connectivity index (χ1n) is 6.56. The molecule has 1 fully saturated rings. The van der Waals surface area contributed by atoms with E-state index >= 15 is 0 Å². The number of rotatable bonds is 0. The maximum absolute atomic E-state index is 12.8. The van der Waals surface area contributed by atoms with Gasteiger partial charge in [0.1, 0.15) is 4.75 Å². The first kappa shape index (κ1) is 13.0. The first-order valence-corrected chi connectivity index (χ1v) is 8.00. The summed E-state index contributed by atoms with van der Waals surface area (Å²) >= 11 is 0. The molecule has 1 aromatic rings. The highest BCUT2D eigenvalue weighted by atomic mass is 32.2. The van der Waals surface area contributed by atoms with Crippen molar-refractivity contribution in [2.75, 3.05) is 27.2 Å².